The summed E-state index contributed by atoms with van der Waals surface area (Å²) in [7, 11) is 1.54. The first-order valence-electron chi connectivity index (χ1n) is 11.3. The van der Waals surface area contributed by atoms with E-state index in [2.05, 4.69) is 4.98 Å². The Labute approximate surface area is 212 Å². The molecule has 37 heavy (non-hydrogen) atoms. The maximum absolute atomic E-state index is 14.1. The first-order valence-corrected chi connectivity index (χ1v) is 12.2. The number of halogens is 1. The number of anilines is 2. The fourth-order valence-corrected chi connectivity index (χ4v) is 6.12. The first kappa shape index (κ1) is 23.0. The first-order chi connectivity index (χ1) is 17.7. The lowest BCUT2D eigenvalue weighted by molar-refractivity contribution is -0.121. The van der Waals surface area contributed by atoms with Gasteiger partial charge in [-0.05, 0) is 38.1 Å². The molecule has 2 amide bonds. The third-order valence-electron chi connectivity index (χ3n) is 6.65. The molecule has 1 spiro atoms. The highest BCUT2D eigenvalue weighted by atomic mass is 32.1. The Bertz CT molecular complexity index is 1740. The van der Waals surface area contributed by atoms with E-state index < -0.39 is 34.6 Å². The summed E-state index contributed by atoms with van der Waals surface area (Å²) >= 11 is 0.875. The predicted molar refractivity (Wildman–Crippen MR) is 133 cm³/mol. The van der Waals surface area contributed by atoms with Gasteiger partial charge in [-0.3, -0.25) is 19.3 Å². The average molecular weight is 520 g/mol. The summed E-state index contributed by atoms with van der Waals surface area (Å²) in [5.74, 6) is -2.99. The van der Waals surface area contributed by atoms with Gasteiger partial charge in [0, 0.05) is 18.3 Å². The number of fused-ring (bicyclic) bond motifs is 5. The number of rotatable bonds is 3. The number of amides is 2. The highest BCUT2D eigenvalue weighted by Gasteiger charge is 2.66. The molecule has 4 aromatic rings. The summed E-state index contributed by atoms with van der Waals surface area (Å²) in [5.41, 5.74) is -1.73. The quantitative estimate of drug-likeness (QED) is 0.379. The fraction of sp³-hybridized carbons (Fsp3) is 0.192. The molecule has 2 aliphatic rings. The Balaban J connectivity index is 1.72. The number of likely N-dealkylation sites (N-methyl/N-ethyl adjacent to an activating group) is 1. The lowest BCUT2D eigenvalue weighted by Gasteiger charge is -2.31. The van der Waals surface area contributed by atoms with Crippen molar-refractivity contribution in [1.82, 2.24) is 4.98 Å². The molecule has 0 bridgehead atoms. The van der Waals surface area contributed by atoms with Gasteiger partial charge in [0.2, 0.25) is 5.76 Å². The maximum Gasteiger partial charge on any atom is 0.350 e. The molecule has 1 unspecified atom stereocenters. The number of esters is 1. The molecule has 6 rings (SSSR count). The van der Waals surface area contributed by atoms with Crippen LogP contribution in [0.3, 0.4) is 0 Å². The maximum atomic E-state index is 14.1. The van der Waals surface area contributed by atoms with Gasteiger partial charge in [0.05, 0.1) is 23.3 Å². The van der Waals surface area contributed by atoms with Crippen molar-refractivity contribution in [3.8, 4) is 0 Å². The van der Waals surface area contributed by atoms with Crippen LogP contribution in [0.5, 0.6) is 0 Å². The number of thiazole rings is 1. The van der Waals surface area contributed by atoms with Gasteiger partial charge in [-0.15, -0.1) is 0 Å². The van der Waals surface area contributed by atoms with Crippen molar-refractivity contribution >= 4 is 50.9 Å². The van der Waals surface area contributed by atoms with Crippen LogP contribution in [0, 0.1) is 12.7 Å². The number of aromatic nitrogens is 1. The second kappa shape index (κ2) is 7.81. The number of hydrogen-bond donors (Lipinski definition) is 0. The Kier molecular flexibility index (Phi) is 4.86. The van der Waals surface area contributed by atoms with Crippen LogP contribution in [0.25, 0.3) is 11.0 Å². The lowest BCUT2D eigenvalue weighted by atomic mass is 9.84. The molecule has 0 saturated heterocycles. The number of hydrogen-bond acceptors (Lipinski definition) is 8. The summed E-state index contributed by atoms with van der Waals surface area (Å²) in [5, 5.41) is -0.0832. The van der Waals surface area contributed by atoms with Crippen molar-refractivity contribution < 1.29 is 27.9 Å². The Morgan fingerprint density at radius 1 is 1.19 bits per heavy atom. The van der Waals surface area contributed by atoms with Crippen molar-refractivity contribution in [3.63, 3.8) is 0 Å². The number of aryl methyl sites for hydroxylation is 1. The van der Waals surface area contributed by atoms with Gasteiger partial charge in [-0.1, -0.05) is 29.5 Å². The highest BCUT2D eigenvalue weighted by Crippen LogP contribution is 2.54. The van der Waals surface area contributed by atoms with E-state index in [1.54, 1.807) is 38.1 Å². The van der Waals surface area contributed by atoms with E-state index >= 15 is 0 Å². The van der Waals surface area contributed by atoms with Gasteiger partial charge in [0.25, 0.3) is 11.8 Å². The largest absolute Gasteiger partial charge is 0.462 e. The van der Waals surface area contributed by atoms with Gasteiger partial charge in [0.1, 0.15) is 16.3 Å². The van der Waals surface area contributed by atoms with Gasteiger partial charge < -0.3 is 14.1 Å². The van der Waals surface area contributed by atoms with Crippen molar-refractivity contribution in [2.45, 2.75) is 19.4 Å². The van der Waals surface area contributed by atoms with E-state index in [9.17, 15) is 23.6 Å². The number of carbonyl (C=O) groups is 3. The van der Waals surface area contributed by atoms with Gasteiger partial charge in [-0.2, -0.15) is 0 Å². The van der Waals surface area contributed by atoms with Crippen LogP contribution in [0.4, 0.5) is 15.2 Å². The van der Waals surface area contributed by atoms with E-state index in [1.807, 2.05) is 0 Å². The molecule has 0 saturated carbocycles. The molecule has 186 valence electrons. The minimum atomic E-state index is -1.96. The average Bonchev–Trinajstić information content (AvgIpc) is 3.46. The molecular weight excluding hydrogens is 501 g/mol. The number of benzene rings is 2. The van der Waals surface area contributed by atoms with Gasteiger partial charge in [0.15, 0.2) is 16.1 Å². The van der Waals surface area contributed by atoms with Crippen LogP contribution in [-0.2, 0) is 15.1 Å². The van der Waals surface area contributed by atoms with Crippen LogP contribution in [0.1, 0.15) is 44.0 Å². The van der Waals surface area contributed by atoms with Gasteiger partial charge >= 0.3 is 5.97 Å². The van der Waals surface area contributed by atoms with E-state index in [-0.39, 0.29) is 38.9 Å². The second-order valence-corrected chi connectivity index (χ2v) is 9.62. The standard InChI is InChI=1S/C26H18FN3O6S/c1-4-35-23(33)21-12(2)28-25(37-21)30-22(32)20-18(19(31)14-11-13(27)9-10-17(14)36-20)26(30)15-7-5-6-8-16(15)29(3)24(26)34/h5-11H,4H2,1-3H3. The molecule has 2 aliphatic heterocycles. The molecule has 0 N–H and O–H groups in total. The molecule has 2 aromatic carbocycles. The van der Waals surface area contributed by atoms with E-state index in [0.29, 0.717) is 16.9 Å². The lowest BCUT2D eigenvalue weighted by Crippen LogP contribution is -2.53. The summed E-state index contributed by atoms with van der Waals surface area (Å²) in [4.78, 5) is 61.6. The Morgan fingerprint density at radius 2 is 1.95 bits per heavy atom. The minimum absolute atomic E-state index is 0.00474. The molecule has 0 radical (unpaired) electrons. The number of nitrogens with zero attached hydrogens (tertiary/aromatic N) is 3. The predicted octanol–water partition coefficient (Wildman–Crippen LogP) is 3.75. The van der Waals surface area contributed by atoms with Crippen LogP contribution in [0.2, 0.25) is 0 Å². The molecule has 2 aromatic heterocycles. The zero-order chi connectivity index (χ0) is 26.2. The Morgan fingerprint density at radius 3 is 2.70 bits per heavy atom. The zero-order valence-corrected chi connectivity index (χ0v) is 20.6. The number of para-hydroxylation sites is 1. The monoisotopic (exact) mass is 519 g/mol. The summed E-state index contributed by atoms with van der Waals surface area (Å²) in [6.45, 7) is 3.39. The zero-order valence-electron chi connectivity index (χ0n) is 19.8. The SMILES string of the molecule is CCOC(=O)c1sc(N2C(=O)c3oc4ccc(F)cc4c(=O)c3C23C(=O)N(C)c2ccccc23)nc1C. The highest BCUT2D eigenvalue weighted by molar-refractivity contribution is 7.17. The summed E-state index contributed by atoms with van der Waals surface area (Å²) in [6.07, 6.45) is 0. The van der Waals surface area contributed by atoms with E-state index in [1.165, 1.54) is 18.0 Å². The van der Waals surface area contributed by atoms with E-state index in [0.717, 1.165) is 28.4 Å². The van der Waals surface area contributed by atoms with Crippen LogP contribution in [0.15, 0.2) is 51.7 Å². The van der Waals surface area contributed by atoms with Crippen molar-refractivity contribution in [2.75, 3.05) is 23.5 Å². The normalized spacial score (nSPS) is 18.2. The third kappa shape index (κ3) is 2.85. The number of carbonyl (C=O) groups excluding carboxylic acids is 3. The molecular formula is C26H18FN3O6S. The molecule has 11 heteroatoms. The van der Waals surface area contributed by atoms with Crippen LogP contribution >= 0.6 is 11.3 Å². The second-order valence-electron chi connectivity index (χ2n) is 8.64. The summed E-state index contributed by atoms with van der Waals surface area (Å²) in [6, 6.07) is 10.2. The van der Waals surface area contributed by atoms with Crippen LogP contribution < -0.4 is 15.2 Å². The van der Waals surface area contributed by atoms with Crippen molar-refractivity contribution in [2.24, 2.45) is 0 Å². The molecule has 0 fully saturated rings. The van der Waals surface area contributed by atoms with E-state index in [4.69, 9.17) is 9.15 Å². The van der Waals surface area contributed by atoms with Crippen LogP contribution in [-0.4, -0.2) is 36.4 Å². The molecule has 4 heterocycles. The van der Waals surface area contributed by atoms with Gasteiger partial charge in [-0.25, -0.2) is 14.2 Å². The molecule has 9 nitrogen and oxygen atoms in total. The minimum Gasteiger partial charge on any atom is -0.462 e. The third-order valence-corrected chi connectivity index (χ3v) is 7.78. The Hall–Kier alpha value is -4.38. The van der Waals surface area contributed by atoms with Crippen molar-refractivity contribution in [1.29, 1.82) is 0 Å². The number of ether oxygens (including phenoxy) is 1. The molecule has 1 atom stereocenters. The summed E-state index contributed by atoms with van der Waals surface area (Å²) < 4.78 is 25.1. The van der Waals surface area contributed by atoms with Crippen molar-refractivity contribution in [3.05, 3.63) is 86.0 Å². The smallest absolute Gasteiger partial charge is 0.350 e. The fourth-order valence-electron chi connectivity index (χ4n) is 5.10. The molecule has 0 aliphatic carbocycles. The topological polar surface area (TPSA) is 110 Å².